The van der Waals surface area contributed by atoms with Crippen molar-refractivity contribution in [1.82, 2.24) is 9.62 Å². The lowest BCUT2D eigenvalue weighted by Gasteiger charge is -2.14. The first-order valence-corrected chi connectivity index (χ1v) is 6.70. The van der Waals surface area contributed by atoms with E-state index in [4.69, 9.17) is 12.2 Å². The molecule has 0 saturated carbocycles. The Morgan fingerprint density at radius 1 is 1.29 bits per heavy atom. The van der Waals surface area contributed by atoms with Gasteiger partial charge in [-0.2, -0.15) is 4.31 Å². The number of hydrogen-bond donors (Lipinski definition) is 1. The molecule has 0 aromatic heterocycles. The van der Waals surface area contributed by atoms with Crippen molar-refractivity contribution in [3.05, 3.63) is 29.8 Å². The van der Waals surface area contributed by atoms with Gasteiger partial charge in [0.15, 0.2) is 5.11 Å². The van der Waals surface area contributed by atoms with E-state index in [-0.39, 0.29) is 16.6 Å². The van der Waals surface area contributed by atoms with Crippen molar-refractivity contribution in [3.63, 3.8) is 0 Å². The molecule has 2 rings (SSSR count). The molecule has 1 saturated heterocycles. The van der Waals surface area contributed by atoms with E-state index in [0.29, 0.717) is 4.31 Å². The van der Waals surface area contributed by atoms with E-state index in [1.807, 2.05) is 6.92 Å². The van der Waals surface area contributed by atoms with E-state index in [2.05, 4.69) is 5.32 Å². The van der Waals surface area contributed by atoms with Gasteiger partial charge < -0.3 is 5.32 Å². The summed E-state index contributed by atoms with van der Waals surface area (Å²) in [5.41, 5.74) is 0.942. The minimum atomic E-state index is -3.87. The van der Waals surface area contributed by atoms with Crippen LogP contribution in [0.5, 0.6) is 0 Å². The van der Waals surface area contributed by atoms with Crippen molar-refractivity contribution in [2.24, 2.45) is 0 Å². The molecule has 1 heterocycles. The number of rotatable bonds is 2. The van der Waals surface area contributed by atoms with E-state index in [9.17, 15) is 13.2 Å². The molecule has 0 aliphatic carbocycles. The molecule has 17 heavy (non-hydrogen) atoms. The predicted molar refractivity (Wildman–Crippen MR) is 65.8 cm³/mol. The molecule has 1 aromatic rings. The van der Waals surface area contributed by atoms with Gasteiger partial charge in [-0.3, -0.25) is 4.79 Å². The Hall–Kier alpha value is -1.47. The molecule has 1 aliphatic heterocycles. The van der Waals surface area contributed by atoms with Gasteiger partial charge in [0.2, 0.25) is 0 Å². The molecule has 1 aromatic carbocycles. The smallest absolute Gasteiger partial charge is 0.272 e. The summed E-state index contributed by atoms with van der Waals surface area (Å²) in [5.74, 6) is -0.560. The Balaban J connectivity index is 2.46. The number of thiocarbonyl (C=S) groups is 1. The topological polar surface area (TPSA) is 66.5 Å². The van der Waals surface area contributed by atoms with Crippen LogP contribution in [0.1, 0.15) is 5.56 Å². The third kappa shape index (κ3) is 2.03. The number of benzene rings is 1. The maximum atomic E-state index is 12.1. The summed E-state index contributed by atoms with van der Waals surface area (Å²) in [6.07, 6.45) is 0. The van der Waals surface area contributed by atoms with E-state index < -0.39 is 15.9 Å². The molecule has 0 bridgehead atoms. The third-order valence-electron chi connectivity index (χ3n) is 2.36. The van der Waals surface area contributed by atoms with E-state index in [1.165, 1.54) is 12.1 Å². The molecule has 0 atom stereocenters. The zero-order valence-corrected chi connectivity index (χ0v) is 10.6. The van der Waals surface area contributed by atoms with Crippen LogP contribution in [0.25, 0.3) is 0 Å². The fourth-order valence-corrected chi connectivity index (χ4v) is 3.24. The van der Waals surface area contributed by atoms with Crippen LogP contribution in [0.15, 0.2) is 29.2 Å². The number of hydrogen-bond acceptors (Lipinski definition) is 4. The predicted octanol–water partition coefficient (Wildman–Crippen LogP) is 0.400. The Bertz CT molecular complexity index is 562. The molecule has 1 aliphatic rings. The zero-order valence-electron chi connectivity index (χ0n) is 9.00. The molecule has 5 nitrogen and oxygen atoms in total. The van der Waals surface area contributed by atoms with Crippen LogP contribution >= 0.6 is 12.2 Å². The minimum absolute atomic E-state index is 0.0579. The zero-order chi connectivity index (χ0) is 12.6. The molecule has 0 radical (unpaired) electrons. The summed E-state index contributed by atoms with van der Waals surface area (Å²) < 4.78 is 24.9. The minimum Gasteiger partial charge on any atom is -0.352 e. The maximum Gasteiger partial charge on any atom is 0.272 e. The fraction of sp³-hybridized carbons (Fsp3) is 0.200. The van der Waals surface area contributed by atoms with Crippen LogP contribution in [-0.4, -0.2) is 30.3 Å². The van der Waals surface area contributed by atoms with Gasteiger partial charge in [-0.05, 0) is 31.3 Å². The molecular formula is C10H10N2O3S2. The van der Waals surface area contributed by atoms with Crippen LogP contribution in [0, 0.1) is 6.92 Å². The van der Waals surface area contributed by atoms with Crippen LogP contribution in [0.4, 0.5) is 0 Å². The quantitative estimate of drug-likeness (QED) is 0.788. The highest BCUT2D eigenvalue weighted by Gasteiger charge is 2.37. The molecule has 90 valence electrons. The summed E-state index contributed by atoms with van der Waals surface area (Å²) in [6, 6.07) is 6.26. The highest BCUT2D eigenvalue weighted by Crippen LogP contribution is 2.18. The second-order valence-electron chi connectivity index (χ2n) is 3.63. The second-order valence-corrected chi connectivity index (χ2v) is 5.81. The lowest BCUT2D eigenvalue weighted by atomic mass is 10.2. The van der Waals surface area contributed by atoms with Gasteiger partial charge in [-0.25, -0.2) is 8.42 Å². The average molecular weight is 270 g/mol. The summed E-state index contributed by atoms with van der Waals surface area (Å²) in [7, 11) is -3.87. The third-order valence-corrected chi connectivity index (χ3v) is 4.54. The van der Waals surface area contributed by atoms with Gasteiger partial charge >= 0.3 is 0 Å². The van der Waals surface area contributed by atoms with Gasteiger partial charge in [0, 0.05) is 0 Å². The lowest BCUT2D eigenvalue weighted by molar-refractivity contribution is -0.121. The van der Waals surface area contributed by atoms with Crippen molar-refractivity contribution >= 4 is 33.3 Å². The normalized spacial score (nSPS) is 16.2. The lowest BCUT2D eigenvalue weighted by Crippen LogP contribution is -2.36. The van der Waals surface area contributed by atoms with E-state index in [0.717, 1.165) is 5.56 Å². The standard InChI is InChI=1S/C10H10N2O3S2/c1-7-2-4-8(5-3-7)17(14,15)12-9(13)6-11-10(12)16/h2-5H,6H2,1H3,(H,11,16). The summed E-state index contributed by atoms with van der Waals surface area (Å²) in [4.78, 5) is 11.5. The Kier molecular flexibility index (Phi) is 2.88. The largest absolute Gasteiger partial charge is 0.352 e. The first-order chi connectivity index (χ1) is 7.93. The first-order valence-electron chi connectivity index (χ1n) is 4.85. The van der Waals surface area contributed by atoms with Crippen LogP contribution in [-0.2, 0) is 14.8 Å². The Morgan fingerprint density at radius 3 is 2.35 bits per heavy atom. The number of carbonyl (C=O) groups is 1. The average Bonchev–Trinajstić information content (AvgIpc) is 2.59. The molecule has 0 spiro atoms. The molecule has 1 N–H and O–H groups in total. The van der Waals surface area contributed by atoms with Gasteiger partial charge in [0.25, 0.3) is 15.9 Å². The van der Waals surface area contributed by atoms with Crippen molar-refractivity contribution in [2.45, 2.75) is 11.8 Å². The highest BCUT2D eigenvalue weighted by atomic mass is 32.2. The molecular weight excluding hydrogens is 260 g/mol. The molecule has 0 unspecified atom stereocenters. The van der Waals surface area contributed by atoms with E-state index in [1.54, 1.807) is 12.1 Å². The van der Waals surface area contributed by atoms with Crippen molar-refractivity contribution in [1.29, 1.82) is 0 Å². The fourth-order valence-electron chi connectivity index (χ4n) is 1.47. The number of nitrogens with one attached hydrogen (secondary N) is 1. The summed E-state index contributed by atoms with van der Waals surface area (Å²) in [5, 5.41) is 2.46. The van der Waals surface area contributed by atoms with Crippen LogP contribution in [0.3, 0.4) is 0 Å². The number of nitrogens with zero attached hydrogens (tertiary/aromatic N) is 1. The van der Waals surface area contributed by atoms with Gasteiger partial charge in [-0.15, -0.1) is 0 Å². The molecule has 7 heteroatoms. The van der Waals surface area contributed by atoms with E-state index >= 15 is 0 Å². The number of amides is 1. The van der Waals surface area contributed by atoms with Crippen molar-refractivity contribution in [3.8, 4) is 0 Å². The summed E-state index contributed by atoms with van der Waals surface area (Å²) >= 11 is 4.81. The molecule has 1 fully saturated rings. The van der Waals surface area contributed by atoms with Crippen molar-refractivity contribution in [2.75, 3.05) is 6.54 Å². The van der Waals surface area contributed by atoms with Gasteiger partial charge in [-0.1, -0.05) is 17.7 Å². The van der Waals surface area contributed by atoms with Crippen LogP contribution in [0.2, 0.25) is 0 Å². The maximum absolute atomic E-state index is 12.1. The van der Waals surface area contributed by atoms with Crippen molar-refractivity contribution < 1.29 is 13.2 Å². The van der Waals surface area contributed by atoms with Crippen LogP contribution < -0.4 is 5.32 Å². The number of aryl methyl sites for hydroxylation is 1. The monoisotopic (exact) mass is 270 g/mol. The Labute approximate surface area is 104 Å². The SMILES string of the molecule is Cc1ccc(S(=O)(=O)N2C(=O)CNC2=S)cc1. The summed E-state index contributed by atoms with van der Waals surface area (Å²) in [6.45, 7) is 1.77. The van der Waals surface area contributed by atoms with Gasteiger partial charge in [0.1, 0.15) is 0 Å². The number of carbonyl (C=O) groups excluding carboxylic acids is 1. The molecule has 1 amide bonds. The Morgan fingerprint density at radius 2 is 1.88 bits per heavy atom. The highest BCUT2D eigenvalue weighted by molar-refractivity contribution is 7.92. The van der Waals surface area contributed by atoms with Gasteiger partial charge in [0.05, 0.1) is 11.4 Å². The first kappa shape index (κ1) is 12.0. The number of sulfonamides is 1. The second kappa shape index (κ2) is 4.08.